The third-order valence-electron chi connectivity index (χ3n) is 4.23. The number of benzene rings is 2. The van der Waals surface area contributed by atoms with Crippen LogP contribution in [-0.4, -0.2) is 15.9 Å². The number of aromatic nitrogens is 2. The summed E-state index contributed by atoms with van der Waals surface area (Å²) in [6, 6.07) is 13.7. The topological polar surface area (TPSA) is 72.1 Å². The molecule has 0 atom stereocenters. The monoisotopic (exact) mass is 334 g/mol. The second-order valence-electron chi connectivity index (χ2n) is 5.90. The number of nitrogens with two attached hydrogens (primary N) is 1. The van der Waals surface area contributed by atoms with Gasteiger partial charge in [0.05, 0.1) is 24.3 Å². The van der Waals surface area contributed by atoms with Gasteiger partial charge in [-0.1, -0.05) is 30.3 Å². The first-order chi connectivity index (χ1) is 12.1. The lowest BCUT2D eigenvalue weighted by molar-refractivity contribution is -0.118. The van der Waals surface area contributed by atoms with E-state index in [1.807, 2.05) is 24.3 Å². The van der Waals surface area contributed by atoms with E-state index >= 15 is 0 Å². The van der Waals surface area contributed by atoms with Gasteiger partial charge in [0, 0.05) is 17.3 Å². The van der Waals surface area contributed by atoms with Crippen molar-refractivity contribution in [2.24, 2.45) is 0 Å². The molecule has 5 nitrogen and oxygen atoms in total. The highest BCUT2D eigenvalue weighted by molar-refractivity contribution is 6.01. The van der Waals surface area contributed by atoms with Gasteiger partial charge in [-0.15, -0.1) is 0 Å². The Labute approximate surface area is 144 Å². The van der Waals surface area contributed by atoms with Gasteiger partial charge in [-0.25, -0.2) is 14.4 Å². The molecule has 6 heteroatoms. The molecular formula is C19H15FN4O. The molecule has 25 heavy (non-hydrogen) atoms. The van der Waals surface area contributed by atoms with Crippen molar-refractivity contribution in [2.45, 2.75) is 13.0 Å². The largest absolute Gasteiger partial charge is 0.368 e. The molecule has 3 aromatic rings. The molecule has 1 amide bonds. The van der Waals surface area contributed by atoms with Crippen molar-refractivity contribution in [2.75, 3.05) is 10.6 Å². The number of rotatable bonds is 2. The SMILES string of the molecule is Nc1ncc2c(n1)-c1ccccc1N(Cc1ccc(F)cc1)C(=O)C2. The van der Waals surface area contributed by atoms with Crippen LogP contribution in [0, 0.1) is 5.82 Å². The van der Waals surface area contributed by atoms with Crippen molar-refractivity contribution in [3.63, 3.8) is 0 Å². The first-order valence-corrected chi connectivity index (χ1v) is 7.87. The lowest BCUT2D eigenvalue weighted by Crippen LogP contribution is -2.31. The Morgan fingerprint density at radius 2 is 1.88 bits per heavy atom. The molecule has 4 rings (SSSR count). The molecule has 0 aliphatic carbocycles. The first-order valence-electron chi connectivity index (χ1n) is 7.87. The minimum Gasteiger partial charge on any atom is -0.368 e. The van der Waals surface area contributed by atoms with Crippen LogP contribution in [0.3, 0.4) is 0 Å². The highest BCUT2D eigenvalue weighted by atomic mass is 19.1. The van der Waals surface area contributed by atoms with Gasteiger partial charge in [-0.2, -0.15) is 0 Å². The third-order valence-corrected chi connectivity index (χ3v) is 4.23. The van der Waals surface area contributed by atoms with E-state index in [0.717, 1.165) is 22.4 Å². The second-order valence-corrected chi connectivity index (χ2v) is 5.90. The normalized spacial score (nSPS) is 13.2. The maximum atomic E-state index is 13.2. The van der Waals surface area contributed by atoms with Gasteiger partial charge in [0.2, 0.25) is 11.9 Å². The number of para-hydroxylation sites is 1. The summed E-state index contributed by atoms with van der Waals surface area (Å²) in [5.74, 6) is -0.193. The molecular weight excluding hydrogens is 319 g/mol. The standard InChI is InChI=1S/C19H15FN4O/c20-14-7-5-12(6-8-14)11-24-16-4-2-1-3-15(16)18-13(9-17(24)25)10-22-19(21)23-18/h1-8,10H,9,11H2,(H2,21,22,23). The average Bonchev–Trinajstić information content (AvgIpc) is 2.73. The van der Waals surface area contributed by atoms with E-state index in [-0.39, 0.29) is 24.1 Å². The summed E-state index contributed by atoms with van der Waals surface area (Å²) in [5.41, 5.74) is 9.60. The molecule has 1 aliphatic rings. The van der Waals surface area contributed by atoms with Gasteiger partial charge >= 0.3 is 0 Å². The zero-order valence-corrected chi connectivity index (χ0v) is 13.3. The highest BCUT2D eigenvalue weighted by Gasteiger charge is 2.27. The Morgan fingerprint density at radius 1 is 1.12 bits per heavy atom. The average molecular weight is 334 g/mol. The van der Waals surface area contributed by atoms with Crippen molar-refractivity contribution >= 4 is 17.5 Å². The number of nitrogens with zero attached hydrogens (tertiary/aromatic N) is 3. The van der Waals surface area contributed by atoms with Crippen molar-refractivity contribution < 1.29 is 9.18 Å². The Hall–Kier alpha value is -3.28. The number of fused-ring (bicyclic) bond motifs is 3. The van der Waals surface area contributed by atoms with Crippen LogP contribution in [0.4, 0.5) is 16.0 Å². The van der Waals surface area contributed by atoms with Crippen molar-refractivity contribution in [3.05, 3.63) is 71.7 Å². The summed E-state index contributed by atoms with van der Waals surface area (Å²) in [5, 5.41) is 0. The van der Waals surface area contributed by atoms with Crippen LogP contribution in [0.15, 0.2) is 54.7 Å². The van der Waals surface area contributed by atoms with Crippen LogP contribution in [0.5, 0.6) is 0 Å². The molecule has 0 saturated carbocycles. The zero-order valence-electron chi connectivity index (χ0n) is 13.3. The fourth-order valence-electron chi connectivity index (χ4n) is 3.03. The Bertz CT molecular complexity index is 956. The molecule has 2 heterocycles. The third kappa shape index (κ3) is 2.82. The Kier molecular flexibility index (Phi) is 3.65. The lowest BCUT2D eigenvalue weighted by Gasteiger charge is -2.23. The summed E-state index contributed by atoms with van der Waals surface area (Å²) in [4.78, 5) is 22.9. The predicted molar refractivity (Wildman–Crippen MR) is 93.2 cm³/mol. The smallest absolute Gasteiger partial charge is 0.231 e. The maximum absolute atomic E-state index is 13.2. The van der Waals surface area contributed by atoms with E-state index in [4.69, 9.17) is 5.73 Å². The fraction of sp³-hybridized carbons (Fsp3) is 0.105. The molecule has 0 fully saturated rings. The van der Waals surface area contributed by atoms with Gasteiger partial charge < -0.3 is 10.6 Å². The van der Waals surface area contributed by atoms with Gasteiger partial charge in [-0.05, 0) is 23.8 Å². The summed E-state index contributed by atoms with van der Waals surface area (Å²) in [6.07, 6.45) is 1.79. The number of amides is 1. The molecule has 2 aromatic carbocycles. The van der Waals surface area contributed by atoms with E-state index in [1.165, 1.54) is 12.1 Å². The number of carbonyl (C=O) groups excluding carboxylic acids is 1. The van der Waals surface area contributed by atoms with E-state index in [9.17, 15) is 9.18 Å². The van der Waals surface area contributed by atoms with E-state index in [0.29, 0.717) is 12.2 Å². The van der Waals surface area contributed by atoms with Crippen molar-refractivity contribution in [1.29, 1.82) is 0 Å². The molecule has 0 spiro atoms. The molecule has 2 N–H and O–H groups in total. The van der Waals surface area contributed by atoms with Crippen LogP contribution in [-0.2, 0) is 17.8 Å². The molecule has 124 valence electrons. The molecule has 0 radical (unpaired) electrons. The highest BCUT2D eigenvalue weighted by Crippen LogP contribution is 2.36. The first kappa shape index (κ1) is 15.3. The van der Waals surface area contributed by atoms with Gasteiger partial charge in [0.15, 0.2) is 0 Å². The summed E-state index contributed by atoms with van der Waals surface area (Å²) in [6.45, 7) is 0.354. The van der Waals surface area contributed by atoms with Crippen LogP contribution in [0.2, 0.25) is 0 Å². The van der Waals surface area contributed by atoms with E-state index in [1.54, 1.807) is 23.2 Å². The number of halogens is 1. The van der Waals surface area contributed by atoms with Crippen LogP contribution < -0.4 is 10.6 Å². The van der Waals surface area contributed by atoms with E-state index < -0.39 is 0 Å². The molecule has 0 saturated heterocycles. The number of anilines is 2. The summed E-state index contributed by atoms with van der Waals surface area (Å²) < 4.78 is 13.2. The van der Waals surface area contributed by atoms with Crippen LogP contribution in [0.25, 0.3) is 11.3 Å². The van der Waals surface area contributed by atoms with Gasteiger partial charge in [-0.3, -0.25) is 4.79 Å². The van der Waals surface area contributed by atoms with Gasteiger partial charge in [0.1, 0.15) is 5.82 Å². The van der Waals surface area contributed by atoms with Crippen molar-refractivity contribution in [3.8, 4) is 11.3 Å². The lowest BCUT2D eigenvalue weighted by atomic mass is 10.1. The molecule has 1 aliphatic heterocycles. The number of hydrogen-bond acceptors (Lipinski definition) is 4. The predicted octanol–water partition coefficient (Wildman–Crippen LogP) is 2.95. The number of carbonyl (C=O) groups is 1. The van der Waals surface area contributed by atoms with E-state index in [2.05, 4.69) is 9.97 Å². The van der Waals surface area contributed by atoms with Crippen LogP contribution in [0.1, 0.15) is 11.1 Å². The van der Waals surface area contributed by atoms with Crippen LogP contribution >= 0.6 is 0 Å². The summed E-state index contributed by atoms with van der Waals surface area (Å²) >= 11 is 0. The minimum atomic E-state index is -0.301. The number of nitrogen functional groups attached to an aromatic ring is 1. The molecule has 1 aromatic heterocycles. The zero-order chi connectivity index (χ0) is 17.4. The second kappa shape index (κ2) is 5.98. The van der Waals surface area contributed by atoms with Crippen molar-refractivity contribution in [1.82, 2.24) is 9.97 Å². The Morgan fingerprint density at radius 3 is 2.68 bits per heavy atom. The number of hydrogen-bond donors (Lipinski definition) is 1. The summed E-state index contributed by atoms with van der Waals surface area (Å²) in [7, 11) is 0. The molecule has 0 unspecified atom stereocenters. The Balaban J connectivity index is 1.82. The minimum absolute atomic E-state index is 0.0658. The van der Waals surface area contributed by atoms with Gasteiger partial charge in [0.25, 0.3) is 0 Å². The molecule has 0 bridgehead atoms. The maximum Gasteiger partial charge on any atom is 0.231 e. The quantitative estimate of drug-likeness (QED) is 0.782. The fourth-order valence-corrected chi connectivity index (χ4v) is 3.03.